The summed E-state index contributed by atoms with van der Waals surface area (Å²) in [5.41, 5.74) is 0.663. The summed E-state index contributed by atoms with van der Waals surface area (Å²) in [6.45, 7) is 3.31. The van der Waals surface area contributed by atoms with E-state index in [1.54, 1.807) is 0 Å². The van der Waals surface area contributed by atoms with Crippen molar-refractivity contribution in [2.24, 2.45) is 4.99 Å². The summed E-state index contributed by atoms with van der Waals surface area (Å²) in [6.07, 6.45) is -0.842. The third-order valence-electron chi connectivity index (χ3n) is 2.55. The molecule has 98 valence electrons. The number of piperazine rings is 1. The van der Waals surface area contributed by atoms with Gasteiger partial charge in [-0.15, -0.1) is 0 Å². The summed E-state index contributed by atoms with van der Waals surface area (Å²) < 4.78 is 38.3. The van der Waals surface area contributed by atoms with E-state index in [1.807, 2.05) is 13.0 Å². The number of amidine groups is 1. The van der Waals surface area contributed by atoms with Gasteiger partial charge in [-0.25, -0.2) is 0 Å². The Morgan fingerprint density at radius 2 is 2.24 bits per heavy atom. The van der Waals surface area contributed by atoms with Crippen LogP contribution >= 0.6 is 0 Å². The molecule has 6 heteroatoms. The van der Waals surface area contributed by atoms with Crippen LogP contribution in [0.2, 0.25) is 0 Å². The van der Waals surface area contributed by atoms with Gasteiger partial charge in [0.2, 0.25) is 5.84 Å². The predicted molar refractivity (Wildman–Crippen MR) is 62.0 cm³/mol. The molecule has 1 saturated heterocycles. The highest BCUT2D eigenvalue weighted by Crippen LogP contribution is 2.23. The molecule has 0 aliphatic carbocycles. The van der Waals surface area contributed by atoms with Crippen molar-refractivity contribution in [2.75, 3.05) is 26.7 Å². The lowest BCUT2D eigenvalue weighted by Gasteiger charge is -2.33. The number of rotatable bonds is 2. The molecule has 1 fully saturated rings. The highest BCUT2D eigenvalue weighted by Gasteiger charge is 2.40. The summed E-state index contributed by atoms with van der Waals surface area (Å²) in [7, 11) is 1.18. The van der Waals surface area contributed by atoms with Gasteiger partial charge in [-0.1, -0.05) is 19.4 Å². The van der Waals surface area contributed by atoms with Crippen LogP contribution in [-0.2, 0) is 0 Å². The molecule has 0 aromatic heterocycles. The van der Waals surface area contributed by atoms with E-state index in [4.69, 9.17) is 0 Å². The fourth-order valence-corrected chi connectivity index (χ4v) is 1.78. The van der Waals surface area contributed by atoms with Crippen LogP contribution in [-0.4, -0.2) is 43.6 Å². The fourth-order valence-electron chi connectivity index (χ4n) is 1.78. The zero-order valence-electron chi connectivity index (χ0n) is 10.1. The van der Waals surface area contributed by atoms with Gasteiger partial charge in [0, 0.05) is 32.4 Å². The van der Waals surface area contributed by atoms with Gasteiger partial charge in [-0.2, -0.15) is 13.2 Å². The smallest absolute Gasteiger partial charge is 0.324 e. The highest BCUT2D eigenvalue weighted by atomic mass is 19.4. The first-order chi connectivity index (χ1) is 8.00. The fraction of sp³-hybridized carbons (Fsp3) is 0.727. The summed E-state index contributed by atoms with van der Waals surface area (Å²) in [5.74, 6) is -0.804. The minimum Gasteiger partial charge on any atom is -0.324 e. The molecule has 0 aromatic rings. The van der Waals surface area contributed by atoms with Gasteiger partial charge in [0.05, 0.1) is 0 Å². The molecular formula is C11H18F3N3. The Hall–Kier alpha value is -1.04. The number of allylic oxidation sites excluding steroid dienone is 1. The molecule has 1 N–H and O–H groups in total. The Morgan fingerprint density at radius 3 is 2.76 bits per heavy atom. The maximum Gasteiger partial charge on any atom is 0.449 e. The van der Waals surface area contributed by atoms with E-state index in [0.29, 0.717) is 25.3 Å². The Labute approximate surface area is 99.4 Å². The summed E-state index contributed by atoms with van der Waals surface area (Å²) in [5, 5.41) is 3.07. The van der Waals surface area contributed by atoms with Crippen molar-refractivity contribution in [3.63, 3.8) is 0 Å². The Morgan fingerprint density at radius 1 is 1.53 bits per heavy atom. The Balaban J connectivity index is 2.91. The second-order valence-electron chi connectivity index (χ2n) is 3.86. The molecule has 1 rings (SSSR count). The van der Waals surface area contributed by atoms with Crippen molar-refractivity contribution in [3.8, 4) is 0 Å². The third-order valence-corrected chi connectivity index (χ3v) is 2.55. The molecule has 0 bridgehead atoms. The molecule has 0 radical (unpaired) electrons. The molecule has 0 amide bonds. The molecule has 1 aliphatic heterocycles. The SMILES string of the molecule is CCC/C=C1\CNCCN1/C(=N\C)C(F)(F)F. The molecule has 0 atom stereocenters. The minimum atomic E-state index is -4.39. The minimum absolute atomic E-state index is 0.307. The van der Waals surface area contributed by atoms with E-state index in [1.165, 1.54) is 11.9 Å². The van der Waals surface area contributed by atoms with Crippen molar-refractivity contribution >= 4 is 5.84 Å². The van der Waals surface area contributed by atoms with Gasteiger partial charge in [0.15, 0.2) is 0 Å². The van der Waals surface area contributed by atoms with Gasteiger partial charge in [-0.3, -0.25) is 4.99 Å². The van der Waals surface area contributed by atoms with Crippen LogP contribution in [0.15, 0.2) is 16.8 Å². The number of halogens is 3. The molecule has 0 aromatic carbocycles. The predicted octanol–water partition coefficient (Wildman–Crippen LogP) is 2.17. The van der Waals surface area contributed by atoms with Crippen molar-refractivity contribution in [3.05, 3.63) is 11.8 Å². The number of hydrogen-bond donors (Lipinski definition) is 1. The quantitative estimate of drug-likeness (QED) is 0.600. The number of aliphatic imine (C=N–C) groups is 1. The molecule has 0 spiro atoms. The largest absolute Gasteiger partial charge is 0.449 e. The Bertz CT molecular complexity index is 308. The van der Waals surface area contributed by atoms with Crippen LogP contribution < -0.4 is 5.32 Å². The third kappa shape index (κ3) is 3.73. The van der Waals surface area contributed by atoms with E-state index in [-0.39, 0.29) is 0 Å². The average Bonchev–Trinajstić information content (AvgIpc) is 2.27. The van der Waals surface area contributed by atoms with Crippen molar-refractivity contribution in [1.29, 1.82) is 0 Å². The summed E-state index contributed by atoms with van der Waals surface area (Å²) >= 11 is 0. The molecule has 17 heavy (non-hydrogen) atoms. The zero-order chi connectivity index (χ0) is 12.9. The molecular weight excluding hydrogens is 231 g/mol. The van der Waals surface area contributed by atoms with E-state index in [9.17, 15) is 13.2 Å². The van der Waals surface area contributed by atoms with Crippen molar-refractivity contribution in [1.82, 2.24) is 10.2 Å². The number of alkyl halides is 3. The lowest BCUT2D eigenvalue weighted by molar-refractivity contribution is -0.0679. The van der Waals surface area contributed by atoms with Crippen LogP contribution in [0.4, 0.5) is 13.2 Å². The van der Waals surface area contributed by atoms with E-state index >= 15 is 0 Å². The van der Waals surface area contributed by atoms with E-state index in [2.05, 4.69) is 10.3 Å². The van der Waals surface area contributed by atoms with Gasteiger partial charge < -0.3 is 10.2 Å². The number of nitrogens with one attached hydrogen (secondary N) is 1. The Kier molecular flexibility index (Phi) is 4.99. The highest BCUT2D eigenvalue weighted by molar-refractivity contribution is 5.89. The van der Waals surface area contributed by atoms with Gasteiger partial charge in [0.25, 0.3) is 0 Å². The first-order valence-electron chi connectivity index (χ1n) is 5.72. The second kappa shape index (κ2) is 6.05. The molecule has 1 heterocycles. The number of nitrogens with zero attached hydrogens (tertiary/aromatic N) is 2. The van der Waals surface area contributed by atoms with Crippen molar-refractivity contribution < 1.29 is 13.2 Å². The molecule has 0 saturated carbocycles. The number of unbranched alkanes of at least 4 members (excludes halogenated alkanes) is 1. The molecule has 0 unspecified atom stereocenters. The second-order valence-corrected chi connectivity index (χ2v) is 3.86. The maximum atomic E-state index is 12.8. The van der Waals surface area contributed by atoms with Crippen LogP contribution in [0.1, 0.15) is 19.8 Å². The topological polar surface area (TPSA) is 27.6 Å². The standard InChI is InChI=1S/C11H18F3N3/c1-3-4-5-9-8-16-6-7-17(9)10(15-2)11(12,13)14/h5,16H,3-4,6-8H2,1-2H3/b9-5+,15-10-. The van der Waals surface area contributed by atoms with Crippen LogP contribution in [0.5, 0.6) is 0 Å². The van der Waals surface area contributed by atoms with Crippen molar-refractivity contribution in [2.45, 2.75) is 25.9 Å². The molecule has 1 aliphatic rings. The monoisotopic (exact) mass is 249 g/mol. The normalized spacial score (nSPS) is 21.1. The summed E-state index contributed by atoms with van der Waals surface area (Å²) in [4.78, 5) is 4.66. The van der Waals surface area contributed by atoms with Gasteiger partial charge in [0.1, 0.15) is 0 Å². The van der Waals surface area contributed by atoms with Gasteiger partial charge >= 0.3 is 6.18 Å². The lowest BCUT2D eigenvalue weighted by atomic mass is 10.2. The van der Waals surface area contributed by atoms with E-state index < -0.39 is 12.0 Å². The lowest BCUT2D eigenvalue weighted by Crippen LogP contribution is -2.49. The van der Waals surface area contributed by atoms with Gasteiger partial charge in [-0.05, 0) is 6.42 Å². The van der Waals surface area contributed by atoms with Crippen LogP contribution in [0.25, 0.3) is 0 Å². The first-order valence-corrected chi connectivity index (χ1v) is 5.72. The number of hydrogen-bond acceptors (Lipinski definition) is 2. The van der Waals surface area contributed by atoms with Crippen LogP contribution in [0, 0.1) is 0 Å². The van der Waals surface area contributed by atoms with Crippen LogP contribution in [0.3, 0.4) is 0 Å². The average molecular weight is 249 g/mol. The summed E-state index contributed by atoms with van der Waals surface area (Å²) in [6, 6.07) is 0. The van der Waals surface area contributed by atoms with E-state index in [0.717, 1.165) is 12.8 Å². The molecule has 3 nitrogen and oxygen atoms in total. The zero-order valence-corrected chi connectivity index (χ0v) is 10.1. The maximum absolute atomic E-state index is 12.8. The first kappa shape index (κ1) is 14.0.